The van der Waals surface area contributed by atoms with Crippen molar-refractivity contribution in [1.82, 2.24) is 15.3 Å². The van der Waals surface area contributed by atoms with Gasteiger partial charge in [-0.1, -0.05) is 66.7 Å². The first-order valence-corrected chi connectivity index (χ1v) is 12.4. The normalized spacial score (nSPS) is 11.8. The minimum absolute atomic E-state index is 0.0600. The van der Waals surface area contributed by atoms with E-state index in [1.807, 2.05) is 84.9 Å². The number of phenolic OH excluding ortho intramolecular Hbond substituents is 1. The van der Waals surface area contributed by atoms with Gasteiger partial charge in [0.1, 0.15) is 11.8 Å². The molecule has 1 atom stereocenters. The highest BCUT2D eigenvalue weighted by Crippen LogP contribution is 2.38. The van der Waals surface area contributed by atoms with Crippen molar-refractivity contribution in [2.45, 2.75) is 25.3 Å². The van der Waals surface area contributed by atoms with E-state index in [4.69, 9.17) is 0 Å². The summed E-state index contributed by atoms with van der Waals surface area (Å²) in [6.45, 7) is 0. The van der Waals surface area contributed by atoms with E-state index in [0.29, 0.717) is 24.0 Å². The van der Waals surface area contributed by atoms with Gasteiger partial charge >= 0.3 is 5.97 Å². The Balaban J connectivity index is 1.26. The third-order valence-corrected chi connectivity index (χ3v) is 6.57. The lowest BCUT2D eigenvalue weighted by molar-refractivity contribution is -0.141. The molecule has 0 aliphatic heterocycles. The molecular formula is C31H27N3O4. The van der Waals surface area contributed by atoms with E-state index in [0.717, 1.165) is 33.3 Å². The fourth-order valence-electron chi connectivity index (χ4n) is 4.56. The minimum atomic E-state index is -1.05. The first-order valence-electron chi connectivity index (χ1n) is 12.4. The molecular weight excluding hydrogens is 478 g/mol. The van der Waals surface area contributed by atoms with Crippen molar-refractivity contribution < 1.29 is 19.8 Å². The average molecular weight is 506 g/mol. The molecule has 0 radical (unpaired) electrons. The number of para-hydroxylation sites is 1. The molecule has 0 saturated carbocycles. The molecule has 0 bridgehead atoms. The first-order chi connectivity index (χ1) is 18.5. The number of nitrogens with one attached hydrogen (secondary N) is 2. The van der Waals surface area contributed by atoms with Gasteiger partial charge in [0.05, 0.1) is 12.1 Å². The van der Waals surface area contributed by atoms with Crippen molar-refractivity contribution >= 4 is 22.8 Å². The van der Waals surface area contributed by atoms with E-state index >= 15 is 0 Å². The standard InChI is InChI=1S/C31H27N3O4/c35-29(34-27(31(37)38)14-11-20-5-2-1-3-6-20)17-21-9-12-22(13-10-21)24-7-4-8-25(30(24)36)28-18-23-19-32-16-15-26(23)33-28/h1-10,12-13,15-16,18-19,27,33,36H,11,14,17H2,(H,34,35)(H,37,38). The summed E-state index contributed by atoms with van der Waals surface area (Å²) in [6.07, 6.45) is 4.42. The Morgan fingerprint density at radius 3 is 2.39 bits per heavy atom. The van der Waals surface area contributed by atoms with Crippen LogP contribution in [-0.4, -0.2) is 38.1 Å². The molecule has 4 N–H and O–H groups in total. The van der Waals surface area contributed by atoms with Crippen LogP contribution in [0.1, 0.15) is 17.5 Å². The van der Waals surface area contributed by atoms with Gasteiger partial charge < -0.3 is 20.5 Å². The highest BCUT2D eigenvalue weighted by Gasteiger charge is 2.20. The largest absolute Gasteiger partial charge is 0.507 e. The van der Waals surface area contributed by atoms with Crippen molar-refractivity contribution in [1.29, 1.82) is 0 Å². The van der Waals surface area contributed by atoms with Crippen LogP contribution in [0.5, 0.6) is 5.75 Å². The maximum Gasteiger partial charge on any atom is 0.326 e. The number of aliphatic carboxylic acids is 1. The van der Waals surface area contributed by atoms with Crippen LogP contribution in [0.3, 0.4) is 0 Å². The Labute approximate surface area is 219 Å². The van der Waals surface area contributed by atoms with Gasteiger partial charge in [-0.15, -0.1) is 0 Å². The number of rotatable bonds is 9. The van der Waals surface area contributed by atoms with E-state index in [1.54, 1.807) is 12.4 Å². The molecule has 3 aromatic carbocycles. The summed E-state index contributed by atoms with van der Waals surface area (Å²) in [5.41, 5.74) is 5.65. The summed E-state index contributed by atoms with van der Waals surface area (Å²) in [5, 5.41) is 24.2. The number of aryl methyl sites for hydroxylation is 1. The lowest BCUT2D eigenvalue weighted by atomic mass is 9.98. The van der Waals surface area contributed by atoms with Crippen LogP contribution < -0.4 is 5.32 Å². The topological polar surface area (TPSA) is 115 Å². The van der Waals surface area contributed by atoms with E-state index in [1.165, 1.54) is 0 Å². The molecule has 5 aromatic rings. The van der Waals surface area contributed by atoms with Gasteiger partial charge in [0, 0.05) is 34.4 Å². The quantitative estimate of drug-likeness (QED) is 0.216. The van der Waals surface area contributed by atoms with E-state index in [-0.39, 0.29) is 18.1 Å². The lowest BCUT2D eigenvalue weighted by Crippen LogP contribution is -2.41. The molecule has 38 heavy (non-hydrogen) atoms. The molecule has 7 nitrogen and oxygen atoms in total. The fraction of sp³-hybridized carbons (Fsp3) is 0.129. The third kappa shape index (κ3) is 5.57. The second kappa shape index (κ2) is 11.0. The fourth-order valence-corrected chi connectivity index (χ4v) is 4.56. The number of amides is 1. The number of pyridine rings is 1. The molecule has 0 aliphatic carbocycles. The number of H-pyrrole nitrogens is 1. The van der Waals surface area contributed by atoms with Gasteiger partial charge in [-0.2, -0.15) is 0 Å². The van der Waals surface area contributed by atoms with Crippen LogP contribution in [0.25, 0.3) is 33.3 Å². The van der Waals surface area contributed by atoms with Crippen molar-refractivity contribution in [2.24, 2.45) is 0 Å². The number of carbonyl (C=O) groups is 2. The van der Waals surface area contributed by atoms with E-state index in [2.05, 4.69) is 15.3 Å². The van der Waals surface area contributed by atoms with Crippen LogP contribution in [0.4, 0.5) is 0 Å². The highest BCUT2D eigenvalue weighted by atomic mass is 16.4. The number of benzene rings is 3. The Hall–Kier alpha value is -4.91. The minimum Gasteiger partial charge on any atom is -0.507 e. The van der Waals surface area contributed by atoms with Crippen LogP contribution in [0.15, 0.2) is 97.3 Å². The first kappa shape index (κ1) is 24.8. The molecule has 5 rings (SSSR count). The predicted octanol–water partition coefficient (Wildman–Crippen LogP) is 5.35. The number of aromatic hydroxyl groups is 1. The van der Waals surface area contributed by atoms with Crippen LogP contribution in [-0.2, 0) is 22.4 Å². The smallest absolute Gasteiger partial charge is 0.326 e. The second-order valence-electron chi connectivity index (χ2n) is 9.20. The molecule has 0 spiro atoms. The molecule has 2 aromatic heterocycles. The van der Waals surface area contributed by atoms with Gasteiger partial charge in [0.15, 0.2) is 0 Å². The number of hydrogen-bond donors (Lipinski definition) is 4. The molecule has 1 unspecified atom stereocenters. The maximum absolute atomic E-state index is 12.6. The zero-order valence-corrected chi connectivity index (χ0v) is 20.6. The van der Waals surface area contributed by atoms with Crippen molar-refractivity contribution in [3.05, 3.63) is 108 Å². The average Bonchev–Trinajstić information content (AvgIpc) is 3.36. The van der Waals surface area contributed by atoms with Crippen LogP contribution >= 0.6 is 0 Å². The maximum atomic E-state index is 12.6. The summed E-state index contributed by atoms with van der Waals surface area (Å²) in [4.78, 5) is 31.7. The highest BCUT2D eigenvalue weighted by molar-refractivity contribution is 5.89. The number of carbonyl (C=O) groups excluding carboxylic acids is 1. The number of aromatic nitrogens is 2. The third-order valence-electron chi connectivity index (χ3n) is 6.57. The van der Waals surface area contributed by atoms with E-state index in [9.17, 15) is 19.8 Å². The Morgan fingerprint density at radius 2 is 1.66 bits per heavy atom. The second-order valence-corrected chi connectivity index (χ2v) is 9.20. The Kier molecular flexibility index (Phi) is 7.17. The lowest BCUT2D eigenvalue weighted by Gasteiger charge is -2.15. The van der Waals surface area contributed by atoms with Gasteiger partial charge in [0.2, 0.25) is 5.91 Å². The predicted molar refractivity (Wildman–Crippen MR) is 147 cm³/mol. The summed E-state index contributed by atoms with van der Waals surface area (Å²) in [7, 11) is 0. The van der Waals surface area contributed by atoms with Crippen molar-refractivity contribution in [2.75, 3.05) is 0 Å². The number of hydrogen-bond acceptors (Lipinski definition) is 4. The summed E-state index contributed by atoms with van der Waals surface area (Å²) >= 11 is 0. The molecule has 0 saturated heterocycles. The SMILES string of the molecule is O=C(Cc1ccc(-c2cccc(-c3cc4cnccc4[nH]3)c2O)cc1)NC(CCc1ccccc1)C(=O)O. The van der Waals surface area contributed by atoms with Gasteiger partial charge in [-0.05, 0) is 47.7 Å². The van der Waals surface area contributed by atoms with Crippen molar-refractivity contribution in [3.8, 4) is 28.1 Å². The molecule has 190 valence electrons. The number of aromatic amines is 1. The van der Waals surface area contributed by atoms with E-state index < -0.39 is 12.0 Å². The Bertz CT molecular complexity index is 1540. The summed E-state index contributed by atoms with van der Waals surface area (Å²) in [5.74, 6) is -1.25. The molecule has 0 aliphatic rings. The number of nitrogens with zero attached hydrogens (tertiary/aromatic N) is 1. The van der Waals surface area contributed by atoms with Gasteiger partial charge in [0.25, 0.3) is 0 Å². The Morgan fingerprint density at radius 1 is 0.895 bits per heavy atom. The summed E-state index contributed by atoms with van der Waals surface area (Å²) < 4.78 is 0. The summed E-state index contributed by atoms with van der Waals surface area (Å²) in [6, 6.07) is 25.4. The zero-order chi connectivity index (χ0) is 26.5. The zero-order valence-electron chi connectivity index (χ0n) is 20.6. The monoisotopic (exact) mass is 505 g/mol. The number of carboxylic acid groups (broad SMARTS) is 1. The number of carboxylic acids is 1. The molecule has 7 heteroatoms. The number of phenols is 1. The molecule has 2 heterocycles. The molecule has 0 fully saturated rings. The molecule has 1 amide bonds. The van der Waals surface area contributed by atoms with Gasteiger partial charge in [-0.3, -0.25) is 9.78 Å². The van der Waals surface area contributed by atoms with Crippen LogP contribution in [0.2, 0.25) is 0 Å². The number of fused-ring (bicyclic) bond motifs is 1. The van der Waals surface area contributed by atoms with Crippen molar-refractivity contribution in [3.63, 3.8) is 0 Å². The van der Waals surface area contributed by atoms with Crippen LogP contribution in [0, 0.1) is 0 Å². The van der Waals surface area contributed by atoms with Gasteiger partial charge in [-0.25, -0.2) is 4.79 Å².